The number of rotatable bonds is 6. The van der Waals surface area contributed by atoms with Crippen LogP contribution in [0.4, 0.5) is 0 Å². The minimum atomic E-state index is 0.615. The van der Waals surface area contributed by atoms with E-state index >= 15 is 0 Å². The molecule has 0 aromatic heterocycles. The maximum atomic E-state index is 5.96. The molecule has 1 nitrogen and oxygen atoms in total. The Bertz CT molecular complexity index is 608. The molecule has 2 aromatic carbocycles. The second kappa shape index (κ2) is 8.79. The number of benzene rings is 2. The first-order chi connectivity index (χ1) is 11.3. The van der Waals surface area contributed by atoms with Crippen LogP contribution in [-0.2, 0) is 6.61 Å². The standard InChI is InChI=1S/C20H23BrOS/c21-18-11-19(22-14-16-7-3-1-4-8-16)13-20(12-18)23-15-17-9-5-2-6-10-17/h1,3-4,7-8,11-13,17H,2,5-6,9-10,14-15H2. The lowest BCUT2D eigenvalue weighted by Gasteiger charge is -2.21. The highest BCUT2D eigenvalue weighted by atomic mass is 79.9. The fourth-order valence-corrected chi connectivity index (χ4v) is 4.81. The Morgan fingerprint density at radius 3 is 2.57 bits per heavy atom. The van der Waals surface area contributed by atoms with Crippen LogP contribution in [0.3, 0.4) is 0 Å². The molecule has 1 saturated carbocycles. The van der Waals surface area contributed by atoms with Gasteiger partial charge in [0, 0.05) is 15.1 Å². The van der Waals surface area contributed by atoms with E-state index in [1.54, 1.807) is 0 Å². The highest BCUT2D eigenvalue weighted by Crippen LogP contribution is 2.33. The summed E-state index contributed by atoms with van der Waals surface area (Å²) in [5.41, 5.74) is 1.20. The normalized spacial score (nSPS) is 15.5. The van der Waals surface area contributed by atoms with Crippen molar-refractivity contribution in [3.8, 4) is 5.75 Å². The number of halogens is 1. The van der Waals surface area contributed by atoms with Crippen LogP contribution in [0.2, 0.25) is 0 Å². The number of thioether (sulfide) groups is 1. The fraction of sp³-hybridized carbons (Fsp3) is 0.400. The number of ether oxygens (including phenoxy) is 1. The second-order valence-corrected chi connectivity index (χ2v) is 8.22. The second-order valence-electron chi connectivity index (χ2n) is 6.21. The molecule has 122 valence electrons. The van der Waals surface area contributed by atoms with E-state index in [2.05, 4.69) is 40.2 Å². The molecule has 0 radical (unpaired) electrons. The van der Waals surface area contributed by atoms with E-state index in [1.807, 2.05) is 36.0 Å². The summed E-state index contributed by atoms with van der Waals surface area (Å²) in [5.74, 6) is 3.06. The monoisotopic (exact) mass is 390 g/mol. The maximum absolute atomic E-state index is 5.96. The van der Waals surface area contributed by atoms with Gasteiger partial charge in [-0.1, -0.05) is 65.5 Å². The van der Waals surface area contributed by atoms with Crippen molar-refractivity contribution in [2.24, 2.45) is 5.92 Å². The summed E-state index contributed by atoms with van der Waals surface area (Å²) in [7, 11) is 0. The molecule has 0 N–H and O–H groups in total. The third-order valence-corrected chi connectivity index (χ3v) is 5.97. The van der Waals surface area contributed by atoms with Gasteiger partial charge in [-0.25, -0.2) is 0 Å². The Hall–Kier alpha value is -0.930. The van der Waals surface area contributed by atoms with Gasteiger partial charge in [-0.3, -0.25) is 0 Å². The maximum Gasteiger partial charge on any atom is 0.122 e. The summed E-state index contributed by atoms with van der Waals surface area (Å²) in [6.45, 7) is 0.615. The van der Waals surface area contributed by atoms with Crippen LogP contribution in [0.15, 0.2) is 57.9 Å². The Balaban J connectivity index is 1.57. The minimum Gasteiger partial charge on any atom is -0.489 e. The highest BCUT2D eigenvalue weighted by molar-refractivity contribution is 9.10. The summed E-state index contributed by atoms with van der Waals surface area (Å²) >= 11 is 5.58. The smallest absolute Gasteiger partial charge is 0.122 e. The van der Waals surface area contributed by atoms with E-state index < -0.39 is 0 Å². The predicted octanol–water partition coefficient (Wildman–Crippen LogP) is 6.70. The van der Waals surface area contributed by atoms with Gasteiger partial charge in [0.2, 0.25) is 0 Å². The topological polar surface area (TPSA) is 9.23 Å². The van der Waals surface area contributed by atoms with Crippen molar-refractivity contribution in [2.75, 3.05) is 5.75 Å². The average molecular weight is 391 g/mol. The van der Waals surface area contributed by atoms with E-state index in [4.69, 9.17) is 4.74 Å². The molecular formula is C20H23BrOS. The molecule has 1 aliphatic rings. The number of hydrogen-bond donors (Lipinski definition) is 0. The van der Waals surface area contributed by atoms with Crippen LogP contribution in [0.5, 0.6) is 5.75 Å². The van der Waals surface area contributed by atoms with E-state index in [1.165, 1.54) is 48.3 Å². The molecule has 0 bridgehead atoms. The predicted molar refractivity (Wildman–Crippen MR) is 102 cm³/mol. The number of hydrogen-bond acceptors (Lipinski definition) is 2. The third-order valence-electron chi connectivity index (χ3n) is 4.30. The van der Waals surface area contributed by atoms with E-state index in [9.17, 15) is 0 Å². The highest BCUT2D eigenvalue weighted by Gasteiger charge is 2.14. The largest absolute Gasteiger partial charge is 0.489 e. The SMILES string of the molecule is Brc1cc(OCc2ccccc2)cc(SCC2CCCCC2)c1. The Morgan fingerprint density at radius 1 is 1.00 bits per heavy atom. The van der Waals surface area contributed by atoms with Crippen LogP contribution in [0.1, 0.15) is 37.7 Å². The molecule has 0 atom stereocenters. The first-order valence-electron chi connectivity index (χ1n) is 8.40. The van der Waals surface area contributed by atoms with E-state index in [-0.39, 0.29) is 0 Å². The van der Waals surface area contributed by atoms with Crippen molar-refractivity contribution in [1.82, 2.24) is 0 Å². The molecule has 23 heavy (non-hydrogen) atoms. The van der Waals surface area contributed by atoms with Gasteiger partial charge in [-0.05, 0) is 42.5 Å². The quantitative estimate of drug-likeness (QED) is 0.507. The van der Waals surface area contributed by atoms with Crippen molar-refractivity contribution in [3.63, 3.8) is 0 Å². The van der Waals surface area contributed by atoms with Crippen molar-refractivity contribution in [2.45, 2.75) is 43.6 Å². The van der Waals surface area contributed by atoms with Crippen molar-refractivity contribution >= 4 is 27.7 Å². The van der Waals surface area contributed by atoms with Crippen LogP contribution in [-0.4, -0.2) is 5.75 Å². The van der Waals surface area contributed by atoms with Crippen LogP contribution < -0.4 is 4.74 Å². The molecule has 3 rings (SSSR count). The fourth-order valence-electron chi connectivity index (χ4n) is 3.01. The molecule has 0 saturated heterocycles. The average Bonchev–Trinajstić information content (AvgIpc) is 2.60. The molecule has 2 aromatic rings. The molecule has 0 heterocycles. The van der Waals surface area contributed by atoms with Crippen molar-refractivity contribution < 1.29 is 4.74 Å². The lowest BCUT2D eigenvalue weighted by Crippen LogP contribution is -2.08. The Kier molecular flexibility index (Phi) is 6.46. The first kappa shape index (κ1) is 16.9. The zero-order chi connectivity index (χ0) is 15.9. The molecule has 3 heteroatoms. The van der Waals surface area contributed by atoms with Crippen LogP contribution in [0, 0.1) is 5.92 Å². The Labute approximate surface area is 152 Å². The van der Waals surface area contributed by atoms with Gasteiger partial charge < -0.3 is 4.74 Å². The van der Waals surface area contributed by atoms with Gasteiger partial charge in [-0.2, -0.15) is 0 Å². The third kappa shape index (κ3) is 5.58. The van der Waals surface area contributed by atoms with Crippen molar-refractivity contribution in [3.05, 3.63) is 58.6 Å². The summed E-state index contributed by atoms with van der Waals surface area (Å²) < 4.78 is 7.05. The van der Waals surface area contributed by atoms with E-state index in [0.717, 1.165) is 16.1 Å². The lowest BCUT2D eigenvalue weighted by atomic mass is 9.91. The van der Waals surface area contributed by atoms with E-state index in [0.29, 0.717) is 6.61 Å². The van der Waals surface area contributed by atoms with Gasteiger partial charge >= 0.3 is 0 Å². The minimum absolute atomic E-state index is 0.615. The molecule has 0 aliphatic heterocycles. The molecule has 1 fully saturated rings. The molecule has 0 spiro atoms. The van der Waals surface area contributed by atoms with Crippen LogP contribution in [0.25, 0.3) is 0 Å². The molecule has 0 unspecified atom stereocenters. The summed E-state index contributed by atoms with van der Waals surface area (Å²) in [5, 5.41) is 0. The lowest BCUT2D eigenvalue weighted by molar-refractivity contribution is 0.305. The van der Waals surface area contributed by atoms with Crippen LogP contribution >= 0.6 is 27.7 Å². The molecular weight excluding hydrogens is 368 g/mol. The van der Waals surface area contributed by atoms with Crippen molar-refractivity contribution in [1.29, 1.82) is 0 Å². The zero-order valence-electron chi connectivity index (χ0n) is 13.3. The summed E-state index contributed by atoms with van der Waals surface area (Å²) in [4.78, 5) is 1.30. The zero-order valence-corrected chi connectivity index (χ0v) is 15.7. The summed E-state index contributed by atoms with van der Waals surface area (Å²) in [6.07, 6.45) is 7.05. The molecule has 0 amide bonds. The van der Waals surface area contributed by atoms with Gasteiger partial charge in [0.05, 0.1) is 0 Å². The Morgan fingerprint density at radius 2 is 1.78 bits per heavy atom. The summed E-state index contributed by atoms with van der Waals surface area (Å²) in [6, 6.07) is 16.7. The first-order valence-corrected chi connectivity index (χ1v) is 10.2. The van der Waals surface area contributed by atoms with Gasteiger partial charge in [0.25, 0.3) is 0 Å². The molecule has 1 aliphatic carbocycles. The van der Waals surface area contributed by atoms with Gasteiger partial charge in [-0.15, -0.1) is 11.8 Å². The van der Waals surface area contributed by atoms with Gasteiger partial charge in [0.15, 0.2) is 0 Å². The van der Waals surface area contributed by atoms with Gasteiger partial charge in [0.1, 0.15) is 12.4 Å².